The second-order valence-electron chi connectivity index (χ2n) is 6.41. The molecule has 0 bridgehead atoms. The van der Waals surface area contributed by atoms with E-state index in [0.29, 0.717) is 0 Å². The average Bonchev–Trinajstić information content (AvgIpc) is 2.46. The average molecular weight is 284 g/mol. The van der Waals surface area contributed by atoms with Crippen LogP contribution in [0, 0.1) is 0 Å². The third-order valence-corrected chi connectivity index (χ3v) is 4.28. The minimum atomic E-state index is 0.795. The molecule has 1 N–H and O–H groups in total. The summed E-state index contributed by atoms with van der Waals surface area (Å²) in [7, 11) is 0. The topological polar surface area (TPSA) is 12.0 Å². The molecule has 0 aromatic heterocycles. The Kier molecular flexibility index (Phi) is 17.0. The van der Waals surface area contributed by atoms with E-state index in [1.165, 1.54) is 96.4 Å². The molecule has 0 radical (unpaired) electrons. The summed E-state index contributed by atoms with van der Waals surface area (Å²) >= 11 is 0. The summed E-state index contributed by atoms with van der Waals surface area (Å²) < 4.78 is 0. The molecule has 0 atom stereocenters. The van der Waals surface area contributed by atoms with Crippen LogP contribution < -0.4 is 5.32 Å². The van der Waals surface area contributed by atoms with Gasteiger partial charge in [0.1, 0.15) is 0 Å². The van der Waals surface area contributed by atoms with Crippen molar-refractivity contribution in [3.8, 4) is 0 Å². The molecule has 0 heterocycles. The number of hydrogen-bond donors (Lipinski definition) is 1. The van der Waals surface area contributed by atoms with Gasteiger partial charge in [0.2, 0.25) is 0 Å². The predicted octanol–water partition coefficient (Wildman–Crippen LogP) is 6.47. The van der Waals surface area contributed by atoms with E-state index in [9.17, 15) is 0 Å². The van der Waals surface area contributed by atoms with E-state index in [-0.39, 0.29) is 0 Å². The van der Waals surface area contributed by atoms with E-state index >= 15 is 0 Å². The first-order valence-electron chi connectivity index (χ1n) is 9.58. The number of hydrogen-bond acceptors (Lipinski definition) is 1. The molecule has 0 aromatic rings. The van der Waals surface area contributed by atoms with Crippen LogP contribution in [-0.2, 0) is 0 Å². The minimum absolute atomic E-state index is 0.795. The summed E-state index contributed by atoms with van der Waals surface area (Å²) in [6.07, 6.45) is 19.6. The van der Waals surface area contributed by atoms with Crippen molar-refractivity contribution in [3.63, 3.8) is 0 Å². The Balaban J connectivity index is 3.56. The van der Waals surface area contributed by atoms with Crippen molar-refractivity contribution >= 4 is 0 Å². The van der Waals surface area contributed by atoms with Crippen LogP contribution in [0.15, 0.2) is 0 Å². The third-order valence-electron chi connectivity index (χ3n) is 4.28. The van der Waals surface area contributed by atoms with Gasteiger partial charge in [-0.2, -0.15) is 0 Å². The van der Waals surface area contributed by atoms with Gasteiger partial charge in [-0.15, -0.1) is 0 Å². The highest BCUT2D eigenvalue weighted by Gasteiger charge is 2.06. The SMILES string of the molecule is CCCCCCCCNC(CCCCC)CCCCC. The van der Waals surface area contributed by atoms with Gasteiger partial charge in [-0.05, 0) is 25.8 Å². The highest BCUT2D eigenvalue weighted by Crippen LogP contribution is 2.11. The van der Waals surface area contributed by atoms with Gasteiger partial charge in [-0.25, -0.2) is 0 Å². The maximum absolute atomic E-state index is 3.83. The fourth-order valence-corrected chi connectivity index (χ4v) is 2.84. The lowest BCUT2D eigenvalue weighted by atomic mass is 10.0. The van der Waals surface area contributed by atoms with Crippen LogP contribution in [0.5, 0.6) is 0 Å². The fourth-order valence-electron chi connectivity index (χ4n) is 2.84. The number of rotatable bonds is 16. The Labute approximate surface area is 129 Å². The Morgan fingerprint density at radius 1 is 0.550 bits per heavy atom. The highest BCUT2D eigenvalue weighted by molar-refractivity contribution is 4.67. The van der Waals surface area contributed by atoms with Crippen LogP contribution in [0.3, 0.4) is 0 Å². The second-order valence-corrected chi connectivity index (χ2v) is 6.41. The quantitative estimate of drug-likeness (QED) is 0.320. The number of unbranched alkanes of at least 4 members (excludes halogenated alkanes) is 9. The fraction of sp³-hybridized carbons (Fsp3) is 1.00. The molecule has 122 valence electrons. The lowest BCUT2D eigenvalue weighted by molar-refractivity contribution is 0.412. The van der Waals surface area contributed by atoms with Gasteiger partial charge < -0.3 is 5.32 Å². The normalized spacial score (nSPS) is 11.4. The standard InChI is InChI=1S/C19H41N/c1-4-7-10-11-12-15-18-20-19(16-13-8-5-2)17-14-9-6-3/h19-20H,4-18H2,1-3H3. The first-order chi connectivity index (χ1) is 9.85. The van der Waals surface area contributed by atoms with Crippen molar-refractivity contribution in [1.29, 1.82) is 0 Å². The summed E-state index contributed by atoms with van der Waals surface area (Å²) in [6.45, 7) is 8.14. The summed E-state index contributed by atoms with van der Waals surface area (Å²) in [6, 6.07) is 0.795. The smallest absolute Gasteiger partial charge is 0.00670 e. The van der Waals surface area contributed by atoms with Crippen LogP contribution in [-0.4, -0.2) is 12.6 Å². The molecular weight excluding hydrogens is 242 g/mol. The second kappa shape index (κ2) is 17.0. The molecule has 0 saturated heterocycles. The van der Waals surface area contributed by atoms with Crippen molar-refractivity contribution in [2.24, 2.45) is 0 Å². The van der Waals surface area contributed by atoms with E-state index in [1.54, 1.807) is 0 Å². The van der Waals surface area contributed by atoms with Gasteiger partial charge in [-0.1, -0.05) is 91.4 Å². The van der Waals surface area contributed by atoms with Crippen LogP contribution in [0.4, 0.5) is 0 Å². The van der Waals surface area contributed by atoms with Crippen molar-refractivity contribution in [2.45, 2.75) is 117 Å². The molecule has 20 heavy (non-hydrogen) atoms. The maximum atomic E-state index is 3.83. The van der Waals surface area contributed by atoms with Crippen molar-refractivity contribution in [2.75, 3.05) is 6.54 Å². The van der Waals surface area contributed by atoms with Crippen molar-refractivity contribution < 1.29 is 0 Å². The van der Waals surface area contributed by atoms with Gasteiger partial charge >= 0.3 is 0 Å². The molecule has 0 unspecified atom stereocenters. The number of nitrogens with one attached hydrogen (secondary N) is 1. The van der Waals surface area contributed by atoms with Gasteiger partial charge in [0.15, 0.2) is 0 Å². The molecule has 0 aliphatic carbocycles. The first-order valence-corrected chi connectivity index (χ1v) is 9.58. The highest BCUT2D eigenvalue weighted by atomic mass is 14.9. The Morgan fingerprint density at radius 3 is 1.55 bits per heavy atom. The maximum Gasteiger partial charge on any atom is 0.00670 e. The molecule has 1 heteroatoms. The zero-order chi connectivity index (χ0) is 14.9. The van der Waals surface area contributed by atoms with Crippen LogP contribution >= 0.6 is 0 Å². The molecule has 0 fully saturated rings. The predicted molar refractivity (Wildman–Crippen MR) is 93.5 cm³/mol. The Bertz CT molecular complexity index is 157. The van der Waals surface area contributed by atoms with Crippen LogP contribution in [0.1, 0.15) is 111 Å². The van der Waals surface area contributed by atoms with Gasteiger partial charge in [0, 0.05) is 6.04 Å². The Morgan fingerprint density at radius 2 is 1.00 bits per heavy atom. The van der Waals surface area contributed by atoms with Gasteiger partial charge in [0.05, 0.1) is 0 Å². The molecule has 0 aliphatic heterocycles. The largest absolute Gasteiger partial charge is 0.314 e. The molecular formula is C19H41N. The lowest BCUT2D eigenvalue weighted by Crippen LogP contribution is -2.30. The van der Waals surface area contributed by atoms with Crippen molar-refractivity contribution in [1.82, 2.24) is 5.32 Å². The monoisotopic (exact) mass is 283 g/mol. The summed E-state index contributed by atoms with van der Waals surface area (Å²) in [4.78, 5) is 0. The van der Waals surface area contributed by atoms with E-state index < -0.39 is 0 Å². The molecule has 0 amide bonds. The molecule has 0 saturated carbocycles. The van der Waals surface area contributed by atoms with Crippen LogP contribution in [0.25, 0.3) is 0 Å². The molecule has 0 rings (SSSR count). The first kappa shape index (κ1) is 20.0. The molecule has 0 spiro atoms. The zero-order valence-electron chi connectivity index (χ0n) is 14.7. The summed E-state index contributed by atoms with van der Waals surface area (Å²) in [5.41, 5.74) is 0. The van der Waals surface area contributed by atoms with E-state index in [4.69, 9.17) is 0 Å². The Hall–Kier alpha value is -0.0400. The molecule has 1 nitrogen and oxygen atoms in total. The third kappa shape index (κ3) is 14.4. The van der Waals surface area contributed by atoms with Crippen LogP contribution in [0.2, 0.25) is 0 Å². The minimum Gasteiger partial charge on any atom is -0.314 e. The molecule has 0 aromatic carbocycles. The lowest BCUT2D eigenvalue weighted by Gasteiger charge is -2.18. The van der Waals surface area contributed by atoms with Crippen molar-refractivity contribution in [3.05, 3.63) is 0 Å². The van der Waals surface area contributed by atoms with E-state index in [0.717, 1.165) is 6.04 Å². The summed E-state index contributed by atoms with van der Waals surface area (Å²) in [5, 5.41) is 3.83. The van der Waals surface area contributed by atoms with E-state index in [1.807, 2.05) is 0 Å². The van der Waals surface area contributed by atoms with E-state index in [2.05, 4.69) is 26.1 Å². The zero-order valence-corrected chi connectivity index (χ0v) is 14.7. The van der Waals surface area contributed by atoms with Gasteiger partial charge in [0.25, 0.3) is 0 Å². The van der Waals surface area contributed by atoms with Gasteiger partial charge in [-0.3, -0.25) is 0 Å². The molecule has 0 aliphatic rings. The summed E-state index contributed by atoms with van der Waals surface area (Å²) in [5.74, 6) is 0.